The van der Waals surface area contributed by atoms with Gasteiger partial charge in [0, 0.05) is 5.75 Å². The van der Waals surface area contributed by atoms with Crippen molar-refractivity contribution in [2.45, 2.75) is 27.4 Å². The molecule has 0 spiro atoms. The Morgan fingerprint density at radius 1 is 1.19 bits per heavy atom. The monoisotopic (exact) mass is 462 g/mol. The first-order valence-electron chi connectivity index (χ1n) is 10.1. The number of rotatable bonds is 8. The van der Waals surface area contributed by atoms with Crippen molar-refractivity contribution in [3.63, 3.8) is 0 Å². The summed E-state index contributed by atoms with van der Waals surface area (Å²) >= 11 is 1.44. The quantitative estimate of drug-likeness (QED) is 0.523. The number of nitrogens with zero attached hydrogens (tertiary/aromatic N) is 2. The third-order valence-electron chi connectivity index (χ3n) is 4.28. The average Bonchev–Trinajstić information content (AvgIpc) is 3.04. The highest BCUT2D eigenvalue weighted by atomic mass is 32.2. The van der Waals surface area contributed by atoms with Gasteiger partial charge in [-0.25, -0.2) is 4.99 Å². The Hall–Kier alpha value is -3.07. The molecule has 1 amide bonds. The smallest absolute Gasteiger partial charge is 0.387 e. The third kappa shape index (κ3) is 5.79. The van der Waals surface area contributed by atoms with Crippen molar-refractivity contribution in [2.24, 2.45) is 10.9 Å². The lowest BCUT2D eigenvalue weighted by atomic mass is 10.1. The van der Waals surface area contributed by atoms with Crippen LogP contribution in [0.2, 0.25) is 0 Å². The van der Waals surface area contributed by atoms with Gasteiger partial charge in [0.15, 0.2) is 16.7 Å². The van der Waals surface area contributed by atoms with Crippen LogP contribution in [0.15, 0.2) is 53.2 Å². The predicted octanol–water partition coefficient (Wildman–Crippen LogP) is 5.53. The number of aliphatic imine (C=N–C) groups is 1. The molecule has 1 aliphatic rings. The summed E-state index contributed by atoms with van der Waals surface area (Å²) in [6, 6.07) is 10.6. The molecule has 0 bridgehead atoms. The van der Waals surface area contributed by atoms with Gasteiger partial charge in [-0.1, -0.05) is 31.7 Å². The Morgan fingerprint density at radius 3 is 2.53 bits per heavy atom. The van der Waals surface area contributed by atoms with E-state index in [0.29, 0.717) is 34.7 Å². The van der Waals surface area contributed by atoms with E-state index in [0.717, 1.165) is 5.75 Å². The molecular weight excluding hydrogens is 438 g/mol. The molecule has 3 rings (SSSR count). The van der Waals surface area contributed by atoms with Gasteiger partial charge in [0.05, 0.1) is 12.3 Å². The Bertz CT molecular complexity index is 1020. The number of amides is 1. The van der Waals surface area contributed by atoms with E-state index in [1.54, 1.807) is 18.2 Å². The zero-order valence-corrected chi connectivity index (χ0v) is 18.7. The highest BCUT2D eigenvalue weighted by Gasteiger charge is 2.32. The molecule has 1 N–H and O–H groups in total. The van der Waals surface area contributed by atoms with Crippen LogP contribution in [0.4, 0.5) is 14.5 Å². The summed E-state index contributed by atoms with van der Waals surface area (Å²) < 4.78 is 34.7. The third-order valence-corrected chi connectivity index (χ3v) is 5.65. The molecule has 32 heavy (non-hydrogen) atoms. The molecule has 1 heterocycles. The van der Waals surface area contributed by atoms with E-state index >= 15 is 0 Å². The van der Waals surface area contributed by atoms with E-state index in [4.69, 9.17) is 4.74 Å². The molecular formula is C23H24F2N2O4S. The van der Waals surface area contributed by atoms with Crippen LogP contribution in [0.25, 0.3) is 6.08 Å². The molecule has 0 aliphatic carbocycles. The summed E-state index contributed by atoms with van der Waals surface area (Å²) in [4.78, 5) is 19.2. The minimum absolute atomic E-state index is 0.00651. The van der Waals surface area contributed by atoms with Crippen LogP contribution in [-0.4, -0.2) is 35.2 Å². The Balaban J connectivity index is 1.93. The normalized spacial score (nSPS) is 15.1. The van der Waals surface area contributed by atoms with Gasteiger partial charge in [-0.15, -0.1) is 0 Å². The maximum atomic E-state index is 13.2. The number of hydrogen-bond acceptors (Lipinski definition) is 6. The molecule has 0 saturated carbocycles. The van der Waals surface area contributed by atoms with E-state index in [1.165, 1.54) is 47.0 Å². The van der Waals surface area contributed by atoms with Crippen molar-refractivity contribution in [2.75, 3.05) is 17.3 Å². The van der Waals surface area contributed by atoms with Crippen molar-refractivity contribution in [1.82, 2.24) is 0 Å². The van der Waals surface area contributed by atoms with Gasteiger partial charge in [-0.3, -0.25) is 9.69 Å². The maximum Gasteiger partial charge on any atom is 0.387 e. The fourth-order valence-electron chi connectivity index (χ4n) is 2.89. The van der Waals surface area contributed by atoms with Crippen molar-refractivity contribution >= 4 is 34.6 Å². The lowest BCUT2D eigenvalue weighted by Crippen LogP contribution is -2.30. The number of hydrogen-bond donors (Lipinski definition) is 1. The Kier molecular flexibility index (Phi) is 7.74. The minimum Gasteiger partial charge on any atom is -0.504 e. The molecule has 170 valence electrons. The number of ether oxygens (including phenoxy) is 2. The van der Waals surface area contributed by atoms with Gasteiger partial charge in [0.1, 0.15) is 11.4 Å². The van der Waals surface area contributed by atoms with E-state index in [1.807, 2.05) is 6.92 Å². The van der Waals surface area contributed by atoms with Crippen molar-refractivity contribution in [3.05, 3.63) is 53.7 Å². The number of halogens is 2. The summed E-state index contributed by atoms with van der Waals surface area (Å²) in [5.41, 5.74) is 1.36. The van der Waals surface area contributed by atoms with E-state index in [-0.39, 0.29) is 23.1 Å². The van der Waals surface area contributed by atoms with Crippen LogP contribution in [0.5, 0.6) is 17.2 Å². The number of carbonyl (C=O) groups excluding carboxylic acids is 1. The van der Waals surface area contributed by atoms with Crippen LogP contribution in [0, 0.1) is 5.92 Å². The topological polar surface area (TPSA) is 71.4 Å². The number of thioether (sulfide) groups is 1. The first-order chi connectivity index (χ1) is 15.3. The molecule has 9 heteroatoms. The lowest BCUT2D eigenvalue weighted by molar-refractivity contribution is -0.113. The zero-order valence-electron chi connectivity index (χ0n) is 17.9. The lowest BCUT2D eigenvalue weighted by Gasteiger charge is -2.18. The summed E-state index contributed by atoms with van der Waals surface area (Å²) in [6.45, 7) is 3.40. The Morgan fingerprint density at radius 2 is 1.91 bits per heavy atom. The summed E-state index contributed by atoms with van der Waals surface area (Å²) in [6.07, 6.45) is 1.62. The molecule has 0 unspecified atom stereocenters. The maximum absolute atomic E-state index is 13.2. The van der Waals surface area contributed by atoms with E-state index in [2.05, 4.69) is 23.6 Å². The number of phenolic OH excluding ortho intramolecular Hbond substituents is 1. The summed E-state index contributed by atoms with van der Waals surface area (Å²) in [7, 11) is 0. The van der Waals surface area contributed by atoms with Crippen LogP contribution in [-0.2, 0) is 4.79 Å². The second-order valence-corrected chi connectivity index (χ2v) is 8.29. The summed E-state index contributed by atoms with van der Waals surface area (Å²) in [5, 5.41) is 10.4. The average molecular weight is 463 g/mol. The van der Waals surface area contributed by atoms with Crippen LogP contribution in [0.1, 0.15) is 26.3 Å². The van der Waals surface area contributed by atoms with Gasteiger partial charge >= 0.3 is 6.61 Å². The highest BCUT2D eigenvalue weighted by molar-refractivity contribution is 8.14. The molecule has 2 aromatic rings. The summed E-state index contributed by atoms with van der Waals surface area (Å²) in [5.74, 6) is 1.11. The number of carbonyl (C=O) groups is 1. The number of phenols is 1. The first-order valence-corrected chi connectivity index (χ1v) is 11.1. The fraction of sp³-hybridized carbons (Fsp3) is 0.304. The molecule has 1 aliphatic heterocycles. The van der Waals surface area contributed by atoms with Gasteiger partial charge in [-0.2, -0.15) is 8.78 Å². The fourth-order valence-corrected chi connectivity index (χ4v) is 3.85. The van der Waals surface area contributed by atoms with Gasteiger partial charge < -0.3 is 14.6 Å². The van der Waals surface area contributed by atoms with Gasteiger partial charge in [0.2, 0.25) is 0 Å². The number of aromatic hydroxyl groups is 1. The van der Waals surface area contributed by atoms with Crippen LogP contribution in [0.3, 0.4) is 0 Å². The largest absolute Gasteiger partial charge is 0.504 e. The number of alkyl halides is 2. The molecule has 6 nitrogen and oxygen atoms in total. The van der Waals surface area contributed by atoms with Gasteiger partial charge in [0.25, 0.3) is 5.91 Å². The number of anilines is 1. The number of benzene rings is 2. The van der Waals surface area contributed by atoms with Crippen molar-refractivity contribution in [3.8, 4) is 17.2 Å². The molecule has 2 aromatic carbocycles. The van der Waals surface area contributed by atoms with Crippen LogP contribution < -0.4 is 14.4 Å². The minimum atomic E-state index is -2.92. The molecule has 0 atom stereocenters. The standard InChI is InChI=1S/C23H24F2N2O4S/c1-4-30-20-12-15(5-10-19(20)28)11-18-21(29)27(23(26-18)32-13-14(2)3)16-6-8-17(9-7-16)31-22(24)25/h5-12,14,22,28H,4,13H2,1-3H3/b18-11-. The van der Waals surface area contributed by atoms with Crippen LogP contribution >= 0.6 is 11.8 Å². The van der Waals surface area contributed by atoms with Gasteiger partial charge in [-0.05, 0) is 60.9 Å². The second-order valence-electron chi connectivity index (χ2n) is 7.30. The molecule has 0 aromatic heterocycles. The van der Waals surface area contributed by atoms with E-state index in [9.17, 15) is 18.7 Å². The van der Waals surface area contributed by atoms with Crippen molar-refractivity contribution < 1.29 is 28.2 Å². The van der Waals surface area contributed by atoms with Crippen molar-refractivity contribution in [1.29, 1.82) is 0 Å². The van der Waals surface area contributed by atoms with E-state index < -0.39 is 6.61 Å². The first kappa shape index (κ1) is 23.6. The highest BCUT2D eigenvalue weighted by Crippen LogP contribution is 2.33. The number of amidine groups is 1. The molecule has 0 radical (unpaired) electrons. The second kappa shape index (κ2) is 10.5. The molecule has 0 saturated heterocycles. The predicted molar refractivity (Wildman–Crippen MR) is 123 cm³/mol. The SMILES string of the molecule is CCOc1cc(/C=C2\N=C(SCC(C)C)N(c3ccc(OC(F)F)cc3)C2=O)ccc1O. The molecule has 0 fully saturated rings. The Labute approximate surface area is 189 Å². The zero-order chi connectivity index (χ0) is 23.3.